The first kappa shape index (κ1) is 44.8. The van der Waals surface area contributed by atoms with Crippen LogP contribution in [0.4, 0.5) is 0 Å². The lowest BCUT2D eigenvalue weighted by molar-refractivity contribution is -0.122. The quantitative estimate of drug-likeness (QED) is 0.0941. The maximum absolute atomic E-state index is 13.8. The van der Waals surface area contributed by atoms with Crippen molar-refractivity contribution in [3.05, 3.63) is 156 Å². The van der Waals surface area contributed by atoms with Crippen molar-refractivity contribution in [3.8, 4) is 33.6 Å². The van der Waals surface area contributed by atoms with Crippen molar-refractivity contribution in [3.63, 3.8) is 0 Å². The molecule has 1 fully saturated rings. The third kappa shape index (κ3) is 8.97. The number of halogens is 1. The SMILES string of the molecule is Cc1sc2c(c1C)C(c1ccc(Cl)cc1)=N[C@@H](CC(=O)N[C@H](C)c1ccc(CC3CCN(Cc4ccc(-n5c(-c6cc(C(C)C)c(O)cc6O)n[nH]c5=O)cc4)CC3)cc1)c1nnc(C)n1-2. The number of carbonyl (C=O) groups excluding carboxylic acids is 1. The number of rotatable bonds is 12. The van der Waals surface area contributed by atoms with Gasteiger partial charge in [0.05, 0.1) is 29.4 Å². The van der Waals surface area contributed by atoms with Crippen LogP contribution in [0.15, 0.2) is 94.7 Å². The lowest BCUT2D eigenvalue weighted by Crippen LogP contribution is -2.33. The molecule has 2 aliphatic rings. The van der Waals surface area contributed by atoms with E-state index in [2.05, 4.69) is 73.3 Å². The van der Waals surface area contributed by atoms with E-state index in [1.54, 1.807) is 17.4 Å². The Morgan fingerprint density at radius 3 is 2.29 bits per heavy atom. The molecule has 2 atom stereocenters. The van der Waals surface area contributed by atoms with Gasteiger partial charge in [-0.2, -0.15) is 5.10 Å². The molecule has 7 aromatic rings. The van der Waals surface area contributed by atoms with Crippen molar-refractivity contribution < 1.29 is 15.0 Å². The summed E-state index contributed by atoms with van der Waals surface area (Å²) in [5.41, 5.74) is 8.65. The number of benzene rings is 4. The Balaban J connectivity index is 0.796. The average Bonchev–Trinajstić information content (AvgIpc) is 3.93. The van der Waals surface area contributed by atoms with Gasteiger partial charge in [0.25, 0.3) is 0 Å². The minimum absolute atomic E-state index is 0.00190. The van der Waals surface area contributed by atoms with E-state index in [0.717, 1.165) is 83.3 Å². The number of aryl methyl sites for hydroxylation is 2. The molecule has 0 saturated carbocycles. The number of fused-ring (bicyclic) bond motifs is 3. The van der Waals surface area contributed by atoms with Crippen molar-refractivity contribution in [2.24, 2.45) is 10.9 Å². The van der Waals surface area contributed by atoms with Crippen LogP contribution in [0.25, 0.3) is 22.1 Å². The number of phenolic OH excluding ortho intramolecular Hbond substituents is 2. The summed E-state index contributed by atoms with van der Waals surface area (Å²) >= 11 is 7.97. The highest BCUT2D eigenvalue weighted by molar-refractivity contribution is 7.15. The predicted molar refractivity (Wildman–Crippen MR) is 260 cm³/mol. The fraction of sp³-hybridized carbons (Fsp3) is 0.333. The first-order chi connectivity index (χ1) is 31.7. The number of H-pyrrole nitrogens is 1. The molecule has 0 aliphatic carbocycles. The highest BCUT2D eigenvalue weighted by Crippen LogP contribution is 2.40. The molecule has 1 amide bonds. The summed E-state index contributed by atoms with van der Waals surface area (Å²) < 4.78 is 3.51. The van der Waals surface area contributed by atoms with Gasteiger partial charge in [0, 0.05) is 33.6 Å². The van der Waals surface area contributed by atoms with Crippen LogP contribution in [-0.2, 0) is 17.8 Å². The van der Waals surface area contributed by atoms with Crippen molar-refractivity contribution >= 4 is 34.6 Å². The second-order valence-electron chi connectivity index (χ2n) is 18.0. The number of aliphatic imine (C=N–C) groups is 1. The Hall–Kier alpha value is -6.35. The van der Waals surface area contributed by atoms with Gasteiger partial charge in [0.1, 0.15) is 28.4 Å². The van der Waals surface area contributed by atoms with E-state index >= 15 is 0 Å². The molecular formula is C51H54ClN9O4S. The van der Waals surface area contributed by atoms with Crippen LogP contribution in [0.1, 0.15) is 114 Å². The van der Waals surface area contributed by atoms with Crippen LogP contribution in [0, 0.1) is 26.7 Å². The van der Waals surface area contributed by atoms with E-state index in [1.807, 2.05) is 76.2 Å². The molecular weight excluding hydrogens is 870 g/mol. The number of phenols is 2. The van der Waals surface area contributed by atoms with Gasteiger partial charge >= 0.3 is 5.69 Å². The minimum Gasteiger partial charge on any atom is -0.508 e. The van der Waals surface area contributed by atoms with Gasteiger partial charge in [-0.3, -0.25) is 19.3 Å². The van der Waals surface area contributed by atoms with E-state index < -0.39 is 11.7 Å². The normalized spacial score (nSPS) is 15.9. The van der Waals surface area contributed by atoms with Gasteiger partial charge in [0.2, 0.25) is 5.91 Å². The topological polar surface area (TPSA) is 167 Å². The standard InChI is InChI=1S/C51H54ClN9O4S/c1-28(2)40-24-41(44(63)26-43(40)62)48-56-58-51(65)61(48)39-17-9-35(10-18-39)27-59-21-19-34(20-22-59)23-33-7-11-36(12-8-33)30(4)53-45(64)25-42-49-57-55-32(6)60(49)50-46(29(3)31(5)66-50)47(54-42)37-13-15-38(52)16-14-37/h7-18,24,26,28,30,34,42,62-63H,19-23,25,27H2,1-6H3,(H,53,64)(H,58,65)/t30-,42+/m1/s1. The zero-order valence-corrected chi connectivity index (χ0v) is 39.5. The van der Waals surface area contributed by atoms with Crippen molar-refractivity contribution in [2.75, 3.05) is 13.1 Å². The lowest BCUT2D eigenvalue weighted by atomic mass is 9.89. The number of aromatic hydroxyl groups is 2. The number of hydrogen-bond donors (Lipinski definition) is 4. The zero-order chi connectivity index (χ0) is 46.4. The Morgan fingerprint density at radius 2 is 1.59 bits per heavy atom. The van der Waals surface area contributed by atoms with E-state index in [4.69, 9.17) is 16.6 Å². The summed E-state index contributed by atoms with van der Waals surface area (Å²) in [6, 6.07) is 26.4. The maximum atomic E-state index is 13.8. The molecule has 9 rings (SSSR count). The smallest absolute Gasteiger partial charge is 0.348 e. The lowest BCUT2D eigenvalue weighted by Gasteiger charge is -2.32. The summed E-state index contributed by atoms with van der Waals surface area (Å²) in [6.07, 6.45) is 3.31. The predicted octanol–water partition coefficient (Wildman–Crippen LogP) is 9.60. The second kappa shape index (κ2) is 18.5. The molecule has 5 heterocycles. The van der Waals surface area contributed by atoms with Gasteiger partial charge in [-0.25, -0.2) is 14.5 Å². The van der Waals surface area contributed by atoms with E-state index in [-0.39, 0.29) is 41.6 Å². The summed E-state index contributed by atoms with van der Waals surface area (Å²) in [6.45, 7) is 14.9. The van der Waals surface area contributed by atoms with Gasteiger partial charge in [-0.05, 0) is 130 Å². The molecule has 0 bridgehead atoms. The van der Waals surface area contributed by atoms with Gasteiger partial charge in [-0.15, -0.1) is 21.5 Å². The van der Waals surface area contributed by atoms with Crippen LogP contribution in [0.5, 0.6) is 11.5 Å². The molecule has 3 aromatic heterocycles. The van der Waals surface area contributed by atoms with Crippen molar-refractivity contribution in [1.82, 2.24) is 39.7 Å². The molecule has 4 N–H and O–H groups in total. The van der Waals surface area contributed by atoms with Gasteiger partial charge < -0.3 is 15.5 Å². The monoisotopic (exact) mass is 923 g/mol. The molecule has 13 nitrogen and oxygen atoms in total. The Kier molecular flexibility index (Phi) is 12.6. The Morgan fingerprint density at radius 1 is 0.894 bits per heavy atom. The van der Waals surface area contributed by atoms with Crippen LogP contribution < -0.4 is 11.0 Å². The van der Waals surface area contributed by atoms with Crippen LogP contribution in [0.2, 0.25) is 5.02 Å². The first-order valence-corrected chi connectivity index (χ1v) is 23.7. The number of thiophene rings is 1. The minimum atomic E-state index is -0.542. The van der Waals surface area contributed by atoms with Gasteiger partial charge in [0.15, 0.2) is 11.6 Å². The third-order valence-electron chi connectivity index (χ3n) is 13.1. The summed E-state index contributed by atoms with van der Waals surface area (Å²) in [4.78, 5) is 35.7. The maximum Gasteiger partial charge on any atom is 0.348 e. The molecule has 1 saturated heterocycles. The number of aromatic nitrogens is 6. The number of aromatic amines is 1. The zero-order valence-electron chi connectivity index (χ0n) is 38.0. The first-order valence-electron chi connectivity index (χ1n) is 22.5. The van der Waals surface area contributed by atoms with Crippen LogP contribution in [0.3, 0.4) is 0 Å². The van der Waals surface area contributed by atoms with E-state index in [0.29, 0.717) is 33.6 Å². The number of nitrogens with one attached hydrogen (secondary N) is 2. The summed E-state index contributed by atoms with van der Waals surface area (Å²) in [5.74, 6) is 2.00. The summed E-state index contributed by atoms with van der Waals surface area (Å²) in [5, 5.41) is 41.7. The van der Waals surface area contributed by atoms with E-state index in [9.17, 15) is 19.8 Å². The molecule has 0 unspecified atom stereocenters. The van der Waals surface area contributed by atoms with Crippen molar-refractivity contribution in [2.45, 2.75) is 91.8 Å². The van der Waals surface area contributed by atoms with Gasteiger partial charge in [-0.1, -0.05) is 74.0 Å². The van der Waals surface area contributed by atoms with Crippen LogP contribution >= 0.6 is 22.9 Å². The molecule has 2 aliphatic heterocycles. The molecule has 4 aromatic carbocycles. The number of likely N-dealkylation sites (tertiary alicyclic amines) is 1. The Labute approximate surface area is 392 Å². The number of carbonyl (C=O) groups is 1. The van der Waals surface area contributed by atoms with Crippen molar-refractivity contribution in [1.29, 1.82) is 0 Å². The van der Waals surface area contributed by atoms with E-state index in [1.165, 1.54) is 21.1 Å². The third-order valence-corrected chi connectivity index (χ3v) is 14.5. The fourth-order valence-electron chi connectivity index (χ4n) is 9.28. The highest BCUT2D eigenvalue weighted by Gasteiger charge is 2.33. The number of hydrogen-bond acceptors (Lipinski definition) is 10. The van der Waals surface area contributed by atoms with Crippen LogP contribution in [-0.4, -0.2) is 69.4 Å². The Bertz CT molecular complexity index is 3000. The number of amides is 1. The fourth-order valence-corrected chi connectivity index (χ4v) is 10.6. The molecule has 0 radical (unpaired) electrons. The summed E-state index contributed by atoms with van der Waals surface area (Å²) in [7, 11) is 0. The molecule has 66 heavy (non-hydrogen) atoms. The highest BCUT2D eigenvalue weighted by atomic mass is 35.5. The molecule has 340 valence electrons. The molecule has 0 spiro atoms. The number of nitrogens with zero attached hydrogens (tertiary/aromatic N) is 7. The average molecular weight is 925 g/mol. The largest absolute Gasteiger partial charge is 0.508 e. The second-order valence-corrected chi connectivity index (χ2v) is 19.6. The number of piperidine rings is 1. The molecule has 15 heteroatoms.